The number of ether oxygens (including phenoxy) is 1. The Morgan fingerprint density at radius 2 is 2.00 bits per heavy atom. The summed E-state index contributed by atoms with van der Waals surface area (Å²) in [6.07, 6.45) is -5.58. The van der Waals surface area contributed by atoms with E-state index in [-0.39, 0.29) is 24.4 Å². The van der Waals surface area contributed by atoms with Crippen LogP contribution in [0.4, 0.5) is 13.2 Å². The van der Waals surface area contributed by atoms with Gasteiger partial charge < -0.3 is 15.2 Å². The van der Waals surface area contributed by atoms with Gasteiger partial charge in [-0.15, -0.1) is 11.3 Å². The number of nitrogens with zero attached hydrogens (tertiary/aromatic N) is 1. The maximum Gasteiger partial charge on any atom is 0.421 e. The minimum absolute atomic E-state index is 0.104. The van der Waals surface area contributed by atoms with E-state index in [4.69, 9.17) is 4.74 Å². The quantitative estimate of drug-likeness (QED) is 0.782. The molecule has 0 bridgehead atoms. The van der Waals surface area contributed by atoms with Gasteiger partial charge in [-0.2, -0.15) is 13.2 Å². The first-order chi connectivity index (χ1) is 11.8. The van der Waals surface area contributed by atoms with Gasteiger partial charge in [0.2, 0.25) is 0 Å². The summed E-state index contributed by atoms with van der Waals surface area (Å²) in [7, 11) is 1.49. The second kappa shape index (κ2) is 7.94. The standard InChI is InChI=1S/C16H17F3N2O3S/c1-24-9-13-21-12(10-25-13)14(22)20-8-7-15(23,16(17,18)19)11-5-3-2-4-6-11/h2-6,10,23H,7-9H2,1H3,(H,20,22). The zero-order valence-electron chi connectivity index (χ0n) is 13.3. The van der Waals surface area contributed by atoms with Crippen molar-refractivity contribution in [3.63, 3.8) is 0 Å². The van der Waals surface area contributed by atoms with Crippen molar-refractivity contribution < 1.29 is 27.8 Å². The van der Waals surface area contributed by atoms with Gasteiger partial charge in [0.25, 0.3) is 5.91 Å². The van der Waals surface area contributed by atoms with E-state index < -0.39 is 24.1 Å². The van der Waals surface area contributed by atoms with Gasteiger partial charge in [-0.25, -0.2) is 4.98 Å². The van der Waals surface area contributed by atoms with Gasteiger partial charge in [0.05, 0.1) is 6.61 Å². The van der Waals surface area contributed by atoms with Gasteiger partial charge in [-0.05, 0) is 5.56 Å². The fraction of sp³-hybridized carbons (Fsp3) is 0.375. The lowest BCUT2D eigenvalue weighted by molar-refractivity contribution is -0.268. The Morgan fingerprint density at radius 3 is 2.60 bits per heavy atom. The Bertz CT molecular complexity index is 706. The van der Waals surface area contributed by atoms with Crippen LogP contribution < -0.4 is 5.32 Å². The highest BCUT2D eigenvalue weighted by molar-refractivity contribution is 7.09. The van der Waals surface area contributed by atoms with E-state index in [0.29, 0.717) is 5.01 Å². The lowest BCUT2D eigenvalue weighted by atomic mass is 9.89. The largest absolute Gasteiger partial charge is 0.421 e. The van der Waals surface area contributed by atoms with E-state index in [1.54, 1.807) is 6.07 Å². The van der Waals surface area contributed by atoms with Gasteiger partial charge >= 0.3 is 6.18 Å². The van der Waals surface area contributed by atoms with Crippen LogP contribution in [0.5, 0.6) is 0 Å². The molecule has 1 unspecified atom stereocenters. The topological polar surface area (TPSA) is 71.5 Å². The highest BCUT2D eigenvalue weighted by Crippen LogP contribution is 2.41. The number of halogens is 3. The van der Waals surface area contributed by atoms with Crippen LogP contribution in [-0.4, -0.2) is 35.8 Å². The molecule has 0 radical (unpaired) electrons. The smallest absolute Gasteiger partial charge is 0.378 e. The molecule has 0 aliphatic heterocycles. The zero-order valence-corrected chi connectivity index (χ0v) is 14.2. The van der Waals surface area contributed by atoms with Crippen LogP contribution in [-0.2, 0) is 16.9 Å². The molecule has 0 aliphatic rings. The predicted molar refractivity (Wildman–Crippen MR) is 86.2 cm³/mol. The molecule has 9 heteroatoms. The normalized spacial score (nSPS) is 14.1. The molecule has 1 aromatic carbocycles. The average Bonchev–Trinajstić information content (AvgIpc) is 3.03. The van der Waals surface area contributed by atoms with E-state index in [9.17, 15) is 23.1 Å². The van der Waals surface area contributed by atoms with Crippen molar-refractivity contribution in [2.24, 2.45) is 0 Å². The lowest BCUT2D eigenvalue weighted by Gasteiger charge is -2.31. The molecule has 5 nitrogen and oxygen atoms in total. The zero-order chi connectivity index (χ0) is 18.5. The van der Waals surface area contributed by atoms with Crippen LogP contribution in [0, 0.1) is 0 Å². The molecular weight excluding hydrogens is 357 g/mol. The first-order valence-electron chi connectivity index (χ1n) is 7.34. The Kier molecular flexibility index (Phi) is 6.15. The highest BCUT2D eigenvalue weighted by atomic mass is 32.1. The molecule has 0 saturated carbocycles. The lowest BCUT2D eigenvalue weighted by Crippen LogP contribution is -2.45. The average molecular weight is 374 g/mol. The number of benzene rings is 1. The monoisotopic (exact) mass is 374 g/mol. The number of carbonyl (C=O) groups is 1. The van der Waals surface area contributed by atoms with E-state index in [1.165, 1.54) is 48.1 Å². The number of hydrogen-bond acceptors (Lipinski definition) is 5. The molecule has 1 heterocycles. The number of methoxy groups -OCH3 is 1. The number of nitrogens with one attached hydrogen (secondary N) is 1. The number of aliphatic hydroxyl groups is 1. The molecule has 1 aromatic heterocycles. The van der Waals surface area contributed by atoms with E-state index in [0.717, 1.165) is 0 Å². The predicted octanol–water partition coefficient (Wildman–Crippen LogP) is 2.86. The van der Waals surface area contributed by atoms with Crippen molar-refractivity contribution in [1.82, 2.24) is 10.3 Å². The van der Waals surface area contributed by atoms with Crippen molar-refractivity contribution in [2.45, 2.75) is 24.8 Å². The minimum atomic E-state index is -4.87. The summed E-state index contributed by atoms with van der Waals surface area (Å²) in [6, 6.07) is 6.79. The SMILES string of the molecule is COCc1nc(C(=O)NCCC(O)(c2ccccc2)C(F)(F)F)cs1. The first kappa shape index (κ1) is 19.4. The summed E-state index contributed by atoms with van der Waals surface area (Å²) in [6.45, 7) is -0.110. The maximum atomic E-state index is 13.3. The van der Waals surface area contributed by atoms with Gasteiger partial charge in [-0.3, -0.25) is 4.79 Å². The number of alkyl halides is 3. The van der Waals surface area contributed by atoms with Gasteiger partial charge in [0, 0.05) is 25.5 Å². The van der Waals surface area contributed by atoms with Crippen molar-refractivity contribution in [3.8, 4) is 0 Å². The Hall–Kier alpha value is -1.97. The fourth-order valence-corrected chi connectivity index (χ4v) is 2.96. The Balaban J connectivity index is 2.02. The molecule has 0 saturated heterocycles. The molecular formula is C16H17F3N2O3S. The molecule has 1 atom stereocenters. The van der Waals surface area contributed by atoms with Crippen molar-refractivity contribution in [2.75, 3.05) is 13.7 Å². The number of hydrogen-bond donors (Lipinski definition) is 2. The van der Waals surface area contributed by atoms with Crippen LogP contribution in [0.25, 0.3) is 0 Å². The molecule has 1 amide bonds. The number of aromatic nitrogens is 1. The van der Waals surface area contributed by atoms with Crippen LogP contribution in [0.2, 0.25) is 0 Å². The second-order valence-corrected chi connectivity index (χ2v) is 6.23. The van der Waals surface area contributed by atoms with Crippen LogP contribution in [0.3, 0.4) is 0 Å². The molecule has 136 valence electrons. The van der Waals surface area contributed by atoms with Crippen LogP contribution in [0.15, 0.2) is 35.7 Å². The number of carbonyl (C=O) groups excluding carboxylic acids is 1. The fourth-order valence-electron chi connectivity index (χ4n) is 2.22. The molecule has 2 aromatic rings. The Morgan fingerprint density at radius 1 is 1.32 bits per heavy atom. The van der Waals surface area contributed by atoms with Gasteiger partial charge in [0.15, 0.2) is 5.60 Å². The molecule has 25 heavy (non-hydrogen) atoms. The number of amides is 1. The van der Waals surface area contributed by atoms with Crippen LogP contribution in [0.1, 0.15) is 27.5 Å². The van der Waals surface area contributed by atoms with Crippen molar-refractivity contribution in [3.05, 3.63) is 52.0 Å². The summed E-state index contributed by atoms with van der Waals surface area (Å²) in [5.74, 6) is -0.601. The van der Waals surface area contributed by atoms with E-state index >= 15 is 0 Å². The molecule has 2 rings (SSSR count). The third kappa shape index (κ3) is 4.56. The van der Waals surface area contributed by atoms with Gasteiger partial charge in [-0.1, -0.05) is 30.3 Å². The Labute approximate surface area is 146 Å². The summed E-state index contributed by atoms with van der Waals surface area (Å²) >= 11 is 1.22. The summed E-state index contributed by atoms with van der Waals surface area (Å²) in [5, 5.41) is 14.6. The van der Waals surface area contributed by atoms with E-state index in [1.807, 2.05) is 0 Å². The summed E-state index contributed by atoms with van der Waals surface area (Å²) < 4.78 is 44.9. The molecule has 0 spiro atoms. The maximum absolute atomic E-state index is 13.3. The first-order valence-corrected chi connectivity index (χ1v) is 8.22. The molecule has 0 fully saturated rings. The summed E-state index contributed by atoms with van der Waals surface area (Å²) in [5.41, 5.74) is -3.20. The molecule has 0 aliphatic carbocycles. The third-order valence-electron chi connectivity index (χ3n) is 3.54. The highest BCUT2D eigenvalue weighted by Gasteiger charge is 2.54. The minimum Gasteiger partial charge on any atom is -0.378 e. The van der Waals surface area contributed by atoms with Crippen LogP contribution >= 0.6 is 11.3 Å². The van der Waals surface area contributed by atoms with Crippen molar-refractivity contribution >= 4 is 17.2 Å². The number of thiazole rings is 1. The van der Waals surface area contributed by atoms with Gasteiger partial charge in [0.1, 0.15) is 10.7 Å². The van der Waals surface area contributed by atoms with Crippen molar-refractivity contribution in [1.29, 1.82) is 0 Å². The molecule has 2 N–H and O–H groups in total. The summed E-state index contributed by atoms with van der Waals surface area (Å²) in [4.78, 5) is 16.0. The number of rotatable bonds is 7. The van der Waals surface area contributed by atoms with E-state index in [2.05, 4.69) is 10.3 Å². The second-order valence-electron chi connectivity index (χ2n) is 5.29. The third-order valence-corrected chi connectivity index (χ3v) is 4.37.